The van der Waals surface area contributed by atoms with E-state index in [0.29, 0.717) is 0 Å². The molecule has 0 amide bonds. The number of halogens is 1. The van der Waals surface area contributed by atoms with Gasteiger partial charge in [-0.3, -0.25) is 0 Å². The van der Waals surface area contributed by atoms with E-state index in [1.807, 2.05) is 18.2 Å². The Morgan fingerprint density at radius 2 is 1.48 bits per heavy atom. The predicted molar refractivity (Wildman–Crippen MR) is 90.9 cm³/mol. The van der Waals surface area contributed by atoms with Gasteiger partial charge in [0, 0.05) is 10.6 Å². The van der Waals surface area contributed by atoms with Crippen molar-refractivity contribution < 1.29 is 0 Å². The molecule has 0 saturated heterocycles. The van der Waals surface area contributed by atoms with Crippen LogP contribution in [0.2, 0.25) is 5.02 Å². The van der Waals surface area contributed by atoms with Crippen LogP contribution in [0.5, 0.6) is 0 Å². The number of rotatable bonds is 3. The van der Waals surface area contributed by atoms with E-state index in [9.17, 15) is 0 Å². The molecule has 0 aliphatic carbocycles. The minimum Gasteiger partial charge on any atom is -0.0837 e. The molecule has 0 radical (unpaired) electrons. The molecule has 0 aliphatic rings. The van der Waals surface area contributed by atoms with Crippen LogP contribution in [0.25, 0.3) is 11.1 Å². The lowest BCUT2D eigenvalue weighted by atomic mass is 9.92. The highest BCUT2D eigenvalue weighted by molar-refractivity contribution is 6.33. The van der Waals surface area contributed by atoms with E-state index in [2.05, 4.69) is 61.5 Å². The molecule has 0 bridgehead atoms. The summed E-state index contributed by atoms with van der Waals surface area (Å²) in [6, 6.07) is 25.1. The van der Waals surface area contributed by atoms with Gasteiger partial charge in [-0.15, -0.1) is 0 Å². The molecule has 3 rings (SSSR count). The Bertz CT molecular complexity index is 725. The van der Waals surface area contributed by atoms with Crippen LogP contribution in [0.1, 0.15) is 16.7 Å². The summed E-state index contributed by atoms with van der Waals surface area (Å²) in [4.78, 5) is 0. The van der Waals surface area contributed by atoms with Crippen molar-refractivity contribution in [2.45, 2.75) is 13.3 Å². The molecule has 0 spiro atoms. The van der Waals surface area contributed by atoms with Crippen molar-refractivity contribution >= 4 is 11.6 Å². The molecule has 1 heteroatoms. The number of hydrogen-bond donors (Lipinski definition) is 0. The van der Waals surface area contributed by atoms with Gasteiger partial charge in [-0.2, -0.15) is 0 Å². The summed E-state index contributed by atoms with van der Waals surface area (Å²) < 4.78 is 0. The average molecular weight is 293 g/mol. The normalized spacial score (nSPS) is 10.6. The largest absolute Gasteiger partial charge is 0.0837 e. The summed E-state index contributed by atoms with van der Waals surface area (Å²) in [7, 11) is 0. The first-order valence-corrected chi connectivity index (χ1v) is 7.51. The average Bonchev–Trinajstić information content (AvgIpc) is 2.50. The van der Waals surface area contributed by atoms with Crippen molar-refractivity contribution in [3.63, 3.8) is 0 Å². The first-order chi connectivity index (χ1) is 10.3. The third kappa shape index (κ3) is 3.01. The molecule has 0 aromatic heterocycles. The van der Waals surface area contributed by atoms with Gasteiger partial charge in [0.15, 0.2) is 0 Å². The van der Waals surface area contributed by atoms with Crippen LogP contribution in [-0.2, 0) is 6.42 Å². The molecule has 0 atom stereocenters. The number of benzene rings is 3. The SMILES string of the molecule is Cc1cccc(Cl)c1-c1ccccc1Cc1ccccc1. The monoisotopic (exact) mass is 292 g/mol. The van der Waals surface area contributed by atoms with Gasteiger partial charge in [0.05, 0.1) is 0 Å². The van der Waals surface area contributed by atoms with Crippen molar-refractivity contribution in [1.82, 2.24) is 0 Å². The van der Waals surface area contributed by atoms with Crippen LogP contribution in [0.4, 0.5) is 0 Å². The van der Waals surface area contributed by atoms with Crippen molar-refractivity contribution in [2.75, 3.05) is 0 Å². The Morgan fingerprint density at radius 1 is 0.762 bits per heavy atom. The smallest absolute Gasteiger partial charge is 0.0487 e. The lowest BCUT2D eigenvalue weighted by Gasteiger charge is -2.14. The number of aryl methyl sites for hydroxylation is 1. The fraction of sp³-hybridized carbons (Fsp3) is 0.100. The fourth-order valence-electron chi connectivity index (χ4n) is 2.71. The second kappa shape index (κ2) is 6.15. The van der Waals surface area contributed by atoms with Gasteiger partial charge in [-0.25, -0.2) is 0 Å². The minimum atomic E-state index is 0.815. The summed E-state index contributed by atoms with van der Waals surface area (Å²) in [6.07, 6.45) is 0.918. The summed E-state index contributed by atoms with van der Waals surface area (Å²) in [5, 5.41) is 0.815. The van der Waals surface area contributed by atoms with E-state index in [0.717, 1.165) is 17.0 Å². The standard InChI is InChI=1S/C20H17Cl/c1-15-8-7-13-19(21)20(15)18-12-6-5-11-17(18)14-16-9-3-2-4-10-16/h2-13H,14H2,1H3. The molecule has 0 saturated carbocycles. The molecular formula is C20H17Cl. The van der Waals surface area contributed by atoms with Crippen LogP contribution in [-0.4, -0.2) is 0 Å². The van der Waals surface area contributed by atoms with Crippen molar-refractivity contribution in [3.8, 4) is 11.1 Å². The molecule has 3 aromatic carbocycles. The fourth-order valence-corrected chi connectivity index (χ4v) is 3.03. The second-order valence-corrected chi connectivity index (χ2v) is 5.66. The molecule has 0 N–H and O–H groups in total. The highest BCUT2D eigenvalue weighted by Gasteiger charge is 2.11. The molecule has 3 aromatic rings. The maximum absolute atomic E-state index is 6.44. The Hall–Kier alpha value is -2.05. The summed E-state index contributed by atoms with van der Waals surface area (Å²) in [6.45, 7) is 2.11. The second-order valence-electron chi connectivity index (χ2n) is 5.25. The summed E-state index contributed by atoms with van der Waals surface area (Å²) >= 11 is 6.44. The van der Waals surface area contributed by atoms with Crippen molar-refractivity contribution in [3.05, 3.63) is 94.5 Å². The molecule has 0 nitrogen and oxygen atoms in total. The highest BCUT2D eigenvalue weighted by Crippen LogP contribution is 2.34. The van der Waals surface area contributed by atoms with Gasteiger partial charge in [0.25, 0.3) is 0 Å². The van der Waals surface area contributed by atoms with Gasteiger partial charge < -0.3 is 0 Å². The quantitative estimate of drug-likeness (QED) is 0.563. The molecule has 0 fully saturated rings. The van der Waals surface area contributed by atoms with E-state index < -0.39 is 0 Å². The van der Waals surface area contributed by atoms with Gasteiger partial charge in [-0.1, -0.05) is 78.3 Å². The van der Waals surface area contributed by atoms with Crippen molar-refractivity contribution in [2.24, 2.45) is 0 Å². The molecule has 0 aliphatic heterocycles. The third-order valence-electron chi connectivity index (χ3n) is 3.75. The predicted octanol–water partition coefficient (Wildman–Crippen LogP) is 5.91. The zero-order chi connectivity index (χ0) is 14.7. The van der Waals surface area contributed by atoms with Gasteiger partial charge in [-0.05, 0) is 41.7 Å². The Labute approximate surface area is 131 Å². The van der Waals surface area contributed by atoms with Crippen molar-refractivity contribution in [1.29, 1.82) is 0 Å². The first kappa shape index (κ1) is 13.9. The molecule has 0 unspecified atom stereocenters. The maximum Gasteiger partial charge on any atom is 0.0487 e. The Morgan fingerprint density at radius 3 is 2.24 bits per heavy atom. The zero-order valence-corrected chi connectivity index (χ0v) is 12.8. The van der Waals surface area contributed by atoms with Crippen LogP contribution < -0.4 is 0 Å². The summed E-state index contributed by atoms with van der Waals surface area (Å²) in [5.74, 6) is 0. The molecule has 21 heavy (non-hydrogen) atoms. The molecule has 0 heterocycles. The zero-order valence-electron chi connectivity index (χ0n) is 12.0. The Kier molecular flexibility index (Phi) is 4.08. The molecular weight excluding hydrogens is 276 g/mol. The van der Waals surface area contributed by atoms with Gasteiger partial charge in [0.1, 0.15) is 0 Å². The topological polar surface area (TPSA) is 0 Å². The number of hydrogen-bond acceptors (Lipinski definition) is 0. The van der Waals surface area contributed by atoms with Crippen LogP contribution >= 0.6 is 11.6 Å². The minimum absolute atomic E-state index is 0.815. The maximum atomic E-state index is 6.44. The van der Waals surface area contributed by atoms with Crippen LogP contribution in [0, 0.1) is 6.92 Å². The van der Waals surface area contributed by atoms with E-state index in [1.54, 1.807) is 0 Å². The van der Waals surface area contributed by atoms with Crippen LogP contribution in [0.3, 0.4) is 0 Å². The first-order valence-electron chi connectivity index (χ1n) is 7.13. The van der Waals surface area contributed by atoms with Crippen LogP contribution in [0.15, 0.2) is 72.8 Å². The van der Waals surface area contributed by atoms with E-state index in [-0.39, 0.29) is 0 Å². The molecule has 104 valence electrons. The lowest BCUT2D eigenvalue weighted by Crippen LogP contribution is -1.94. The van der Waals surface area contributed by atoms with E-state index in [4.69, 9.17) is 11.6 Å². The third-order valence-corrected chi connectivity index (χ3v) is 4.06. The highest BCUT2D eigenvalue weighted by atomic mass is 35.5. The van der Waals surface area contributed by atoms with E-state index >= 15 is 0 Å². The van der Waals surface area contributed by atoms with E-state index in [1.165, 1.54) is 22.3 Å². The lowest BCUT2D eigenvalue weighted by molar-refractivity contribution is 1.19. The van der Waals surface area contributed by atoms with Gasteiger partial charge in [0.2, 0.25) is 0 Å². The summed E-state index contributed by atoms with van der Waals surface area (Å²) in [5.41, 5.74) is 6.20. The van der Waals surface area contributed by atoms with Gasteiger partial charge >= 0.3 is 0 Å². The Balaban J connectivity index is 2.08.